The van der Waals surface area contributed by atoms with Crippen molar-refractivity contribution in [3.63, 3.8) is 0 Å². The van der Waals surface area contributed by atoms with Crippen LogP contribution in [0.15, 0.2) is 53.4 Å². The molecule has 2 aromatic carbocycles. The number of sulfonamides is 1. The lowest BCUT2D eigenvalue weighted by atomic mass is 10.2. The van der Waals surface area contributed by atoms with E-state index in [9.17, 15) is 26.8 Å². The maximum absolute atomic E-state index is 12.4. The molecule has 0 saturated heterocycles. The van der Waals surface area contributed by atoms with E-state index in [0.29, 0.717) is 0 Å². The lowest BCUT2D eigenvalue weighted by Crippen LogP contribution is -2.46. The fourth-order valence-electron chi connectivity index (χ4n) is 2.20. The number of amides is 2. The summed E-state index contributed by atoms with van der Waals surface area (Å²) in [5, 5.41) is 0. The van der Waals surface area contributed by atoms with Gasteiger partial charge in [0.05, 0.1) is 11.4 Å². The third kappa shape index (κ3) is 6.22. The van der Waals surface area contributed by atoms with Crippen molar-refractivity contribution in [3.8, 4) is 5.75 Å². The molecule has 2 amide bonds. The standard InChI is InChI=1S/C18H19F2N3O5S/c1-12-3-9-15(10-4-12)29(26,27)23(2)11-16(24)21-22-17(25)13-5-7-14(8-6-13)28-18(19)20/h3-10,18H,11H2,1-2H3,(H,21,24)(H,22,25). The predicted molar refractivity (Wildman–Crippen MR) is 99.7 cm³/mol. The van der Waals surface area contributed by atoms with Crippen LogP contribution in [0.1, 0.15) is 15.9 Å². The molecule has 2 aromatic rings. The highest BCUT2D eigenvalue weighted by Crippen LogP contribution is 2.15. The fourth-order valence-corrected chi connectivity index (χ4v) is 3.33. The number of rotatable bonds is 7. The van der Waals surface area contributed by atoms with Gasteiger partial charge >= 0.3 is 6.61 Å². The number of aryl methyl sites for hydroxylation is 1. The van der Waals surface area contributed by atoms with Gasteiger partial charge in [-0.25, -0.2) is 8.42 Å². The molecule has 2 N–H and O–H groups in total. The van der Waals surface area contributed by atoms with Crippen LogP contribution in [0.5, 0.6) is 5.75 Å². The molecule has 0 heterocycles. The number of ether oxygens (including phenoxy) is 1. The second-order valence-corrected chi connectivity index (χ2v) is 8.02. The molecule has 0 atom stereocenters. The van der Waals surface area contributed by atoms with Gasteiger partial charge in [-0.1, -0.05) is 17.7 Å². The smallest absolute Gasteiger partial charge is 0.387 e. The molecule has 0 aliphatic rings. The molecule has 0 radical (unpaired) electrons. The summed E-state index contributed by atoms with van der Waals surface area (Å²) in [4.78, 5) is 24.0. The van der Waals surface area contributed by atoms with Gasteiger partial charge in [0.15, 0.2) is 0 Å². The normalized spacial score (nSPS) is 11.4. The first kappa shape index (κ1) is 22.2. The second kappa shape index (κ2) is 9.43. The molecule has 0 aliphatic carbocycles. The van der Waals surface area contributed by atoms with Crippen molar-refractivity contribution < 1.29 is 31.5 Å². The van der Waals surface area contributed by atoms with Crippen molar-refractivity contribution in [2.45, 2.75) is 18.4 Å². The molecule has 0 unspecified atom stereocenters. The van der Waals surface area contributed by atoms with Crippen molar-refractivity contribution in [1.82, 2.24) is 15.2 Å². The fraction of sp³-hybridized carbons (Fsp3) is 0.222. The van der Waals surface area contributed by atoms with E-state index in [1.807, 2.05) is 6.92 Å². The Morgan fingerprint density at radius 1 is 1.03 bits per heavy atom. The minimum absolute atomic E-state index is 0.0357. The van der Waals surface area contributed by atoms with Crippen LogP contribution in [0.3, 0.4) is 0 Å². The van der Waals surface area contributed by atoms with E-state index in [1.165, 1.54) is 43.4 Å². The summed E-state index contributed by atoms with van der Waals surface area (Å²) in [5.74, 6) is -1.61. The highest BCUT2D eigenvalue weighted by Gasteiger charge is 2.23. The van der Waals surface area contributed by atoms with Gasteiger partial charge in [-0.3, -0.25) is 20.4 Å². The minimum Gasteiger partial charge on any atom is -0.435 e. The van der Waals surface area contributed by atoms with Crippen molar-refractivity contribution in [1.29, 1.82) is 0 Å². The Hall–Kier alpha value is -3.05. The Balaban J connectivity index is 1.90. The number of carbonyl (C=O) groups is 2. The molecule has 0 aliphatic heterocycles. The Kier molecular flexibility index (Phi) is 7.23. The van der Waals surface area contributed by atoms with Gasteiger partial charge < -0.3 is 4.74 Å². The summed E-state index contributed by atoms with van der Waals surface area (Å²) in [6, 6.07) is 10.9. The molecule has 11 heteroatoms. The molecule has 0 spiro atoms. The zero-order valence-electron chi connectivity index (χ0n) is 15.6. The molecule has 29 heavy (non-hydrogen) atoms. The van der Waals surface area contributed by atoms with Crippen molar-refractivity contribution in [2.24, 2.45) is 0 Å². The molecule has 8 nitrogen and oxygen atoms in total. The summed E-state index contributed by atoms with van der Waals surface area (Å²) in [7, 11) is -2.64. The van der Waals surface area contributed by atoms with Gasteiger partial charge in [0.25, 0.3) is 11.8 Å². The number of hydrogen-bond donors (Lipinski definition) is 2. The zero-order chi connectivity index (χ0) is 21.6. The lowest BCUT2D eigenvalue weighted by molar-refractivity contribution is -0.121. The van der Waals surface area contributed by atoms with E-state index in [-0.39, 0.29) is 16.2 Å². The van der Waals surface area contributed by atoms with E-state index in [4.69, 9.17) is 0 Å². The van der Waals surface area contributed by atoms with Crippen molar-refractivity contribution in [3.05, 3.63) is 59.7 Å². The molecule has 0 fully saturated rings. The molecular formula is C18H19F2N3O5S. The monoisotopic (exact) mass is 427 g/mol. The van der Waals surface area contributed by atoms with Crippen LogP contribution in [-0.4, -0.2) is 44.7 Å². The Labute approximate surface area is 166 Å². The third-order valence-corrected chi connectivity index (χ3v) is 5.57. The quantitative estimate of drug-likeness (QED) is 0.655. The lowest BCUT2D eigenvalue weighted by Gasteiger charge is -2.17. The maximum Gasteiger partial charge on any atom is 0.387 e. The highest BCUT2D eigenvalue weighted by molar-refractivity contribution is 7.89. The van der Waals surface area contributed by atoms with Crippen LogP contribution in [-0.2, 0) is 14.8 Å². The Morgan fingerprint density at radius 2 is 1.62 bits per heavy atom. The highest BCUT2D eigenvalue weighted by atomic mass is 32.2. The van der Waals surface area contributed by atoms with E-state index >= 15 is 0 Å². The van der Waals surface area contributed by atoms with Crippen LogP contribution in [0.25, 0.3) is 0 Å². The first-order valence-electron chi connectivity index (χ1n) is 8.26. The summed E-state index contributed by atoms with van der Waals surface area (Å²) in [6.45, 7) is -1.70. The van der Waals surface area contributed by atoms with Crippen LogP contribution >= 0.6 is 0 Å². The number of hydrazine groups is 1. The topological polar surface area (TPSA) is 105 Å². The third-order valence-electron chi connectivity index (χ3n) is 3.75. The number of nitrogens with one attached hydrogen (secondary N) is 2. The average Bonchev–Trinajstić information content (AvgIpc) is 2.66. The number of likely N-dealkylation sites (N-methyl/N-ethyl adjacent to an activating group) is 1. The second-order valence-electron chi connectivity index (χ2n) is 5.98. The minimum atomic E-state index is -3.87. The van der Waals surface area contributed by atoms with Gasteiger partial charge in [0.1, 0.15) is 5.75 Å². The van der Waals surface area contributed by atoms with E-state index < -0.39 is 35.0 Å². The van der Waals surface area contributed by atoms with E-state index in [2.05, 4.69) is 15.6 Å². The zero-order valence-corrected chi connectivity index (χ0v) is 16.4. The number of carbonyl (C=O) groups excluding carboxylic acids is 2. The van der Waals surface area contributed by atoms with Crippen molar-refractivity contribution >= 4 is 21.8 Å². The molecule has 0 saturated carbocycles. The first-order chi connectivity index (χ1) is 13.6. The largest absolute Gasteiger partial charge is 0.435 e. The van der Waals surface area contributed by atoms with Gasteiger partial charge in [0, 0.05) is 12.6 Å². The van der Waals surface area contributed by atoms with Gasteiger partial charge in [-0.05, 0) is 43.3 Å². The summed E-state index contributed by atoms with van der Waals surface area (Å²) in [6.07, 6.45) is 0. The van der Waals surface area contributed by atoms with Crippen LogP contribution in [0.2, 0.25) is 0 Å². The number of benzene rings is 2. The number of nitrogens with zero attached hydrogens (tertiary/aromatic N) is 1. The Morgan fingerprint density at radius 3 is 2.17 bits per heavy atom. The number of halogens is 2. The molecule has 156 valence electrons. The van der Waals surface area contributed by atoms with Crippen molar-refractivity contribution in [2.75, 3.05) is 13.6 Å². The van der Waals surface area contributed by atoms with Crippen LogP contribution in [0.4, 0.5) is 8.78 Å². The van der Waals surface area contributed by atoms with E-state index in [1.54, 1.807) is 12.1 Å². The van der Waals surface area contributed by atoms with Crippen LogP contribution in [0, 0.1) is 6.92 Å². The predicted octanol–water partition coefficient (Wildman–Crippen LogP) is 1.68. The maximum atomic E-state index is 12.4. The molecule has 0 bridgehead atoms. The SMILES string of the molecule is Cc1ccc(S(=O)(=O)N(C)CC(=O)NNC(=O)c2ccc(OC(F)F)cc2)cc1. The molecule has 2 rings (SSSR count). The summed E-state index contributed by atoms with van der Waals surface area (Å²) in [5.41, 5.74) is 5.18. The van der Waals surface area contributed by atoms with Gasteiger partial charge in [-0.15, -0.1) is 0 Å². The van der Waals surface area contributed by atoms with Crippen LogP contribution < -0.4 is 15.6 Å². The summed E-state index contributed by atoms with van der Waals surface area (Å²) >= 11 is 0. The summed E-state index contributed by atoms with van der Waals surface area (Å²) < 4.78 is 54.1. The number of hydrogen-bond acceptors (Lipinski definition) is 5. The Bertz CT molecular complexity index is 964. The van der Waals surface area contributed by atoms with Gasteiger partial charge in [-0.2, -0.15) is 13.1 Å². The molecular weight excluding hydrogens is 408 g/mol. The number of alkyl halides is 2. The first-order valence-corrected chi connectivity index (χ1v) is 9.70. The average molecular weight is 427 g/mol. The van der Waals surface area contributed by atoms with E-state index in [0.717, 1.165) is 9.87 Å². The molecule has 0 aromatic heterocycles. The van der Waals surface area contributed by atoms with Gasteiger partial charge in [0.2, 0.25) is 10.0 Å².